The number of nitrogens with zero attached hydrogens (tertiary/aromatic N) is 2. The Morgan fingerprint density at radius 2 is 1.76 bits per heavy atom. The van der Waals surface area contributed by atoms with Gasteiger partial charge in [-0.15, -0.1) is 0 Å². The lowest BCUT2D eigenvalue weighted by molar-refractivity contribution is 0.595. The van der Waals surface area contributed by atoms with Gasteiger partial charge in [0.15, 0.2) is 0 Å². The fourth-order valence-corrected chi connectivity index (χ4v) is 1.44. The van der Waals surface area contributed by atoms with Gasteiger partial charge in [-0.05, 0) is 34.5 Å². The first-order chi connectivity index (χ1) is 8.06. The third-order valence-corrected chi connectivity index (χ3v) is 2.52. The molecule has 1 N–H and O–H groups in total. The van der Waals surface area contributed by atoms with Gasteiger partial charge < -0.3 is 5.32 Å². The zero-order valence-corrected chi connectivity index (χ0v) is 10.4. The molecular formula is C11H8BrF2N3. The first-order valence-corrected chi connectivity index (χ1v) is 5.56. The van der Waals surface area contributed by atoms with E-state index in [0.717, 1.165) is 12.1 Å². The van der Waals surface area contributed by atoms with Crippen molar-refractivity contribution in [2.75, 3.05) is 5.32 Å². The number of aromatic nitrogens is 2. The Balaban J connectivity index is 2.30. The minimum absolute atomic E-state index is 0.00965. The number of aryl methyl sites for hydroxylation is 1. The Morgan fingerprint density at radius 1 is 1.12 bits per heavy atom. The first kappa shape index (κ1) is 11.9. The molecule has 0 bridgehead atoms. The summed E-state index contributed by atoms with van der Waals surface area (Å²) in [4.78, 5) is 7.82. The van der Waals surface area contributed by atoms with Crippen LogP contribution in [-0.4, -0.2) is 9.97 Å². The van der Waals surface area contributed by atoms with Gasteiger partial charge in [-0.25, -0.2) is 18.7 Å². The van der Waals surface area contributed by atoms with Gasteiger partial charge in [0.25, 0.3) is 0 Å². The average molecular weight is 300 g/mol. The molecule has 6 heteroatoms. The highest BCUT2D eigenvalue weighted by Crippen LogP contribution is 2.21. The smallest absolute Gasteiger partial charge is 0.227 e. The van der Waals surface area contributed by atoms with Crippen LogP contribution in [0.2, 0.25) is 0 Å². The molecule has 0 saturated heterocycles. The van der Waals surface area contributed by atoms with Gasteiger partial charge in [-0.3, -0.25) is 0 Å². The van der Waals surface area contributed by atoms with Gasteiger partial charge in [-0.1, -0.05) is 0 Å². The summed E-state index contributed by atoms with van der Waals surface area (Å²) in [5.74, 6) is -0.822. The topological polar surface area (TPSA) is 37.8 Å². The first-order valence-electron chi connectivity index (χ1n) is 4.76. The Morgan fingerprint density at radius 3 is 2.41 bits per heavy atom. The van der Waals surface area contributed by atoms with Crippen LogP contribution in [0.3, 0.4) is 0 Å². The lowest BCUT2D eigenvalue weighted by atomic mass is 10.2. The standard InChI is InChI=1S/C11H8BrF2N3/c1-6-2-9(14)10(3-8(6)13)17-11-15-4-7(12)5-16-11/h2-5H,1H3,(H,15,16,17). The zero-order chi connectivity index (χ0) is 12.4. The second-order valence-electron chi connectivity index (χ2n) is 3.43. The van der Waals surface area contributed by atoms with Gasteiger partial charge in [0.2, 0.25) is 5.95 Å². The quantitative estimate of drug-likeness (QED) is 0.921. The van der Waals surface area contributed by atoms with E-state index in [1.165, 1.54) is 19.3 Å². The third kappa shape index (κ3) is 2.76. The molecule has 88 valence electrons. The molecule has 3 nitrogen and oxygen atoms in total. The molecule has 1 heterocycles. The maximum atomic E-state index is 13.5. The highest BCUT2D eigenvalue weighted by Gasteiger charge is 2.08. The molecule has 0 unspecified atom stereocenters. The SMILES string of the molecule is Cc1cc(F)c(Nc2ncc(Br)cn2)cc1F. The van der Waals surface area contributed by atoms with Crippen molar-refractivity contribution < 1.29 is 8.78 Å². The number of nitrogens with one attached hydrogen (secondary N) is 1. The van der Waals surface area contributed by atoms with Crippen LogP contribution in [0, 0.1) is 18.6 Å². The van der Waals surface area contributed by atoms with E-state index in [1.807, 2.05) is 0 Å². The third-order valence-electron chi connectivity index (χ3n) is 2.12. The van der Waals surface area contributed by atoms with Crippen molar-refractivity contribution in [1.29, 1.82) is 0 Å². The maximum absolute atomic E-state index is 13.5. The lowest BCUT2D eigenvalue weighted by Crippen LogP contribution is -2.00. The van der Waals surface area contributed by atoms with Crippen molar-refractivity contribution in [2.45, 2.75) is 6.92 Å². The molecule has 0 amide bonds. The summed E-state index contributed by atoms with van der Waals surface area (Å²) < 4.78 is 27.5. The van der Waals surface area contributed by atoms with E-state index in [2.05, 4.69) is 31.2 Å². The summed E-state index contributed by atoms with van der Waals surface area (Å²) in [6.45, 7) is 1.50. The normalized spacial score (nSPS) is 10.4. The van der Waals surface area contributed by atoms with Gasteiger partial charge in [0, 0.05) is 18.5 Å². The lowest BCUT2D eigenvalue weighted by Gasteiger charge is -2.07. The number of hydrogen-bond donors (Lipinski definition) is 1. The van der Waals surface area contributed by atoms with Crippen molar-refractivity contribution in [3.8, 4) is 0 Å². The molecule has 0 aliphatic heterocycles. The van der Waals surface area contributed by atoms with E-state index in [1.54, 1.807) is 0 Å². The molecule has 0 spiro atoms. The summed E-state index contributed by atoms with van der Waals surface area (Å²) in [6, 6.07) is 2.20. The molecule has 0 atom stereocenters. The van der Waals surface area contributed by atoms with E-state index >= 15 is 0 Å². The summed E-state index contributed by atoms with van der Waals surface area (Å²) in [5, 5.41) is 2.61. The van der Waals surface area contributed by atoms with Crippen LogP contribution in [0.4, 0.5) is 20.4 Å². The summed E-state index contributed by atoms with van der Waals surface area (Å²) in [5.41, 5.74) is 0.264. The number of hydrogen-bond acceptors (Lipinski definition) is 3. The summed E-state index contributed by atoms with van der Waals surface area (Å²) in [6.07, 6.45) is 3.02. The number of benzene rings is 1. The largest absolute Gasteiger partial charge is 0.322 e. The predicted molar refractivity (Wildman–Crippen MR) is 64.1 cm³/mol. The van der Waals surface area contributed by atoms with Crippen LogP contribution in [0.25, 0.3) is 0 Å². The molecule has 2 aromatic rings. The number of halogens is 3. The Bertz CT molecular complexity index is 543. The van der Waals surface area contributed by atoms with Crippen molar-refractivity contribution in [1.82, 2.24) is 9.97 Å². The number of anilines is 2. The Kier molecular flexibility index (Phi) is 3.33. The molecule has 17 heavy (non-hydrogen) atoms. The van der Waals surface area contributed by atoms with Crippen LogP contribution in [-0.2, 0) is 0 Å². The molecule has 0 aliphatic carbocycles. The average Bonchev–Trinajstić information content (AvgIpc) is 2.29. The molecule has 1 aromatic carbocycles. The van der Waals surface area contributed by atoms with Gasteiger partial charge in [-0.2, -0.15) is 0 Å². The highest BCUT2D eigenvalue weighted by molar-refractivity contribution is 9.10. The van der Waals surface area contributed by atoms with E-state index in [4.69, 9.17) is 0 Å². The van der Waals surface area contributed by atoms with Crippen molar-refractivity contribution in [2.24, 2.45) is 0 Å². The monoisotopic (exact) mass is 299 g/mol. The van der Waals surface area contributed by atoms with Crippen molar-refractivity contribution in [3.63, 3.8) is 0 Å². The van der Waals surface area contributed by atoms with Crippen LogP contribution in [0.5, 0.6) is 0 Å². The van der Waals surface area contributed by atoms with Gasteiger partial charge in [0.1, 0.15) is 11.6 Å². The molecule has 2 rings (SSSR count). The highest BCUT2D eigenvalue weighted by atomic mass is 79.9. The van der Waals surface area contributed by atoms with Gasteiger partial charge in [0.05, 0.1) is 10.2 Å². The van der Waals surface area contributed by atoms with Crippen LogP contribution in [0.15, 0.2) is 29.0 Å². The van der Waals surface area contributed by atoms with E-state index in [-0.39, 0.29) is 17.2 Å². The fraction of sp³-hybridized carbons (Fsp3) is 0.0909. The molecule has 1 aromatic heterocycles. The minimum Gasteiger partial charge on any atom is -0.322 e. The van der Waals surface area contributed by atoms with E-state index in [0.29, 0.717) is 4.47 Å². The molecule has 0 aliphatic rings. The van der Waals surface area contributed by atoms with Crippen molar-refractivity contribution in [3.05, 3.63) is 46.2 Å². The zero-order valence-electron chi connectivity index (χ0n) is 8.84. The second kappa shape index (κ2) is 4.75. The van der Waals surface area contributed by atoms with Crippen molar-refractivity contribution >= 4 is 27.6 Å². The Labute approximate surface area is 105 Å². The molecule has 0 radical (unpaired) electrons. The summed E-state index contributed by atoms with van der Waals surface area (Å²) >= 11 is 3.18. The summed E-state index contributed by atoms with van der Waals surface area (Å²) in [7, 11) is 0. The van der Waals surface area contributed by atoms with E-state index < -0.39 is 11.6 Å². The molecule has 0 saturated carbocycles. The minimum atomic E-state index is -0.546. The maximum Gasteiger partial charge on any atom is 0.227 e. The number of rotatable bonds is 2. The van der Waals surface area contributed by atoms with E-state index in [9.17, 15) is 8.78 Å². The fourth-order valence-electron chi connectivity index (χ4n) is 1.24. The van der Waals surface area contributed by atoms with Crippen LogP contribution < -0.4 is 5.32 Å². The molecular weight excluding hydrogens is 292 g/mol. The Hall–Kier alpha value is -1.56. The van der Waals surface area contributed by atoms with Crippen LogP contribution in [0.1, 0.15) is 5.56 Å². The molecule has 0 fully saturated rings. The van der Waals surface area contributed by atoms with Crippen LogP contribution >= 0.6 is 15.9 Å². The predicted octanol–water partition coefficient (Wildman–Crippen LogP) is 3.57. The second-order valence-corrected chi connectivity index (χ2v) is 4.35. The van der Waals surface area contributed by atoms with Gasteiger partial charge >= 0.3 is 0 Å².